The lowest BCUT2D eigenvalue weighted by Gasteiger charge is -2.34. The monoisotopic (exact) mass is 389 g/mol. The minimum Gasteiger partial charge on any atom is -0.450 e. The van der Waals surface area contributed by atoms with Gasteiger partial charge in [0.25, 0.3) is 0 Å². The lowest BCUT2D eigenvalue weighted by molar-refractivity contribution is 0.256. The summed E-state index contributed by atoms with van der Waals surface area (Å²) in [5.41, 5.74) is 2.42. The maximum absolute atomic E-state index is 5.97. The molecule has 1 aromatic carbocycles. The first-order valence-electron chi connectivity index (χ1n) is 9.99. The molecule has 0 spiro atoms. The summed E-state index contributed by atoms with van der Waals surface area (Å²) in [6.07, 6.45) is 6.23. The standard InChI is InChI=1S/C21H23N7O/c1-2-6-17-16(5-1)18-19(29-17)20(26-15-25-18)22-9-4-10-27-11-13-28(14-12-27)21-23-7-3-8-24-21/h1-3,5-8,15H,4,9-14H2,(H,22,25,26). The SMILES string of the molecule is c1cnc(N2CCN(CCCNc3ncnc4c3oc3ccccc34)CC2)nc1. The minimum absolute atomic E-state index is 0.727. The summed E-state index contributed by atoms with van der Waals surface area (Å²) in [6, 6.07) is 9.80. The highest BCUT2D eigenvalue weighted by molar-refractivity contribution is 6.05. The van der Waals surface area contributed by atoms with Crippen molar-refractivity contribution in [2.24, 2.45) is 0 Å². The van der Waals surface area contributed by atoms with Gasteiger partial charge in [0.2, 0.25) is 5.95 Å². The van der Waals surface area contributed by atoms with Crippen LogP contribution in [0.15, 0.2) is 53.5 Å². The van der Waals surface area contributed by atoms with Crippen LogP contribution in [0.5, 0.6) is 0 Å². The van der Waals surface area contributed by atoms with Gasteiger partial charge in [-0.05, 0) is 31.2 Å². The van der Waals surface area contributed by atoms with Crippen LogP contribution in [0.1, 0.15) is 6.42 Å². The highest BCUT2D eigenvalue weighted by atomic mass is 16.3. The second-order valence-electron chi connectivity index (χ2n) is 7.16. The van der Waals surface area contributed by atoms with Crippen LogP contribution in [0.25, 0.3) is 22.1 Å². The van der Waals surface area contributed by atoms with E-state index in [1.807, 2.05) is 30.3 Å². The van der Waals surface area contributed by atoms with Crippen LogP contribution >= 0.6 is 0 Å². The van der Waals surface area contributed by atoms with Crippen molar-refractivity contribution in [2.45, 2.75) is 6.42 Å². The third-order valence-corrected chi connectivity index (χ3v) is 5.31. The highest BCUT2D eigenvalue weighted by Gasteiger charge is 2.18. The van der Waals surface area contributed by atoms with E-state index in [0.29, 0.717) is 0 Å². The second-order valence-corrected chi connectivity index (χ2v) is 7.16. The third kappa shape index (κ3) is 3.71. The van der Waals surface area contributed by atoms with Crippen LogP contribution in [0.3, 0.4) is 0 Å². The van der Waals surface area contributed by atoms with Crippen molar-refractivity contribution in [1.29, 1.82) is 0 Å². The Balaban J connectivity index is 1.14. The molecule has 8 heteroatoms. The largest absolute Gasteiger partial charge is 0.450 e. The van der Waals surface area contributed by atoms with Crippen molar-refractivity contribution in [2.75, 3.05) is 49.5 Å². The van der Waals surface area contributed by atoms with Crippen LogP contribution in [0.2, 0.25) is 0 Å². The van der Waals surface area contributed by atoms with Crippen LogP contribution < -0.4 is 10.2 Å². The molecule has 148 valence electrons. The Hall–Kier alpha value is -3.26. The van der Waals surface area contributed by atoms with Crippen molar-refractivity contribution >= 4 is 33.8 Å². The minimum atomic E-state index is 0.727. The fourth-order valence-electron chi connectivity index (χ4n) is 3.78. The van der Waals surface area contributed by atoms with Gasteiger partial charge in [0.15, 0.2) is 11.4 Å². The molecule has 0 saturated carbocycles. The molecule has 3 aromatic heterocycles. The molecule has 0 unspecified atom stereocenters. The zero-order chi connectivity index (χ0) is 19.5. The van der Waals surface area contributed by atoms with Gasteiger partial charge in [-0.1, -0.05) is 12.1 Å². The summed E-state index contributed by atoms with van der Waals surface area (Å²) in [5.74, 6) is 1.59. The summed E-state index contributed by atoms with van der Waals surface area (Å²) >= 11 is 0. The lowest BCUT2D eigenvalue weighted by atomic mass is 10.2. The Morgan fingerprint density at radius 3 is 2.62 bits per heavy atom. The summed E-state index contributed by atoms with van der Waals surface area (Å²) in [4.78, 5) is 22.2. The predicted molar refractivity (Wildman–Crippen MR) is 113 cm³/mol. The Bertz CT molecular complexity index is 1090. The van der Waals surface area contributed by atoms with E-state index in [0.717, 1.165) is 79.5 Å². The average Bonchev–Trinajstić information content (AvgIpc) is 3.17. The van der Waals surface area contributed by atoms with E-state index in [2.05, 4.69) is 35.1 Å². The topological polar surface area (TPSA) is 83.2 Å². The number of nitrogens with zero attached hydrogens (tertiary/aromatic N) is 6. The number of furan rings is 1. The number of hydrogen-bond donors (Lipinski definition) is 1. The lowest BCUT2D eigenvalue weighted by Crippen LogP contribution is -2.47. The number of benzene rings is 1. The first kappa shape index (κ1) is 17.8. The van der Waals surface area contributed by atoms with Crippen LogP contribution in [0.4, 0.5) is 11.8 Å². The molecule has 8 nitrogen and oxygen atoms in total. The maximum atomic E-state index is 5.97. The molecule has 1 aliphatic heterocycles. The molecule has 1 saturated heterocycles. The van der Waals surface area contributed by atoms with Gasteiger partial charge in [-0.2, -0.15) is 0 Å². The Labute approximate surface area is 168 Å². The van der Waals surface area contributed by atoms with E-state index in [1.165, 1.54) is 0 Å². The summed E-state index contributed by atoms with van der Waals surface area (Å²) in [6.45, 7) is 5.86. The second kappa shape index (κ2) is 8.00. The summed E-state index contributed by atoms with van der Waals surface area (Å²) < 4.78 is 5.97. The number of anilines is 2. The zero-order valence-electron chi connectivity index (χ0n) is 16.2. The molecule has 29 heavy (non-hydrogen) atoms. The van der Waals surface area contributed by atoms with E-state index >= 15 is 0 Å². The van der Waals surface area contributed by atoms with Gasteiger partial charge < -0.3 is 14.6 Å². The molecule has 4 aromatic rings. The van der Waals surface area contributed by atoms with E-state index in [4.69, 9.17) is 4.42 Å². The molecule has 0 radical (unpaired) electrons. The number of aromatic nitrogens is 4. The normalized spacial score (nSPS) is 15.2. The molecule has 1 aliphatic rings. The quantitative estimate of drug-likeness (QED) is 0.504. The van der Waals surface area contributed by atoms with E-state index in [1.54, 1.807) is 18.7 Å². The summed E-state index contributed by atoms with van der Waals surface area (Å²) in [5, 5.41) is 4.44. The molecule has 5 rings (SSSR count). The van der Waals surface area contributed by atoms with E-state index in [9.17, 15) is 0 Å². The molecular formula is C21H23N7O. The number of rotatable bonds is 6. The van der Waals surface area contributed by atoms with E-state index in [-0.39, 0.29) is 0 Å². The summed E-state index contributed by atoms with van der Waals surface area (Å²) in [7, 11) is 0. The van der Waals surface area contributed by atoms with Gasteiger partial charge in [0, 0.05) is 50.5 Å². The molecule has 4 heterocycles. The average molecular weight is 389 g/mol. The molecule has 1 N–H and O–H groups in total. The van der Waals surface area contributed by atoms with Gasteiger partial charge >= 0.3 is 0 Å². The van der Waals surface area contributed by atoms with E-state index < -0.39 is 0 Å². The highest BCUT2D eigenvalue weighted by Crippen LogP contribution is 2.30. The predicted octanol–water partition coefficient (Wildman–Crippen LogP) is 2.79. The van der Waals surface area contributed by atoms with Crippen LogP contribution in [0, 0.1) is 0 Å². The number of hydrogen-bond acceptors (Lipinski definition) is 8. The third-order valence-electron chi connectivity index (χ3n) is 5.31. The Kier molecular flexibility index (Phi) is 4.92. The number of fused-ring (bicyclic) bond motifs is 3. The first-order valence-corrected chi connectivity index (χ1v) is 9.99. The van der Waals surface area contributed by atoms with Crippen LogP contribution in [-0.4, -0.2) is 64.1 Å². The van der Waals surface area contributed by atoms with Crippen molar-refractivity contribution < 1.29 is 4.42 Å². The zero-order valence-corrected chi connectivity index (χ0v) is 16.2. The van der Waals surface area contributed by atoms with Gasteiger partial charge in [-0.25, -0.2) is 19.9 Å². The molecule has 1 fully saturated rings. The smallest absolute Gasteiger partial charge is 0.225 e. The van der Waals surface area contributed by atoms with Gasteiger partial charge in [-0.3, -0.25) is 4.90 Å². The molecule has 0 aliphatic carbocycles. The fraction of sp³-hybridized carbons (Fsp3) is 0.333. The number of nitrogens with one attached hydrogen (secondary N) is 1. The van der Waals surface area contributed by atoms with Gasteiger partial charge in [0.1, 0.15) is 17.4 Å². The number of piperazine rings is 1. The molecular weight excluding hydrogens is 366 g/mol. The fourth-order valence-corrected chi connectivity index (χ4v) is 3.78. The number of para-hydroxylation sites is 1. The van der Waals surface area contributed by atoms with Crippen molar-refractivity contribution in [3.05, 3.63) is 49.1 Å². The van der Waals surface area contributed by atoms with Gasteiger partial charge in [0.05, 0.1) is 0 Å². The Morgan fingerprint density at radius 2 is 1.76 bits per heavy atom. The van der Waals surface area contributed by atoms with Crippen molar-refractivity contribution in [1.82, 2.24) is 24.8 Å². The van der Waals surface area contributed by atoms with Crippen molar-refractivity contribution in [3.63, 3.8) is 0 Å². The van der Waals surface area contributed by atoms with Gasteiger partial charge in [-0.15, -0.1) is 0 Å². The molecule has 0 amide bonds. The maximum Gasteiger partial charge on any atom is 0.225 e. The van der Waals surface area contributed by atoms with Crippen LogP contribution in [-0.2, 0) is 0 Å². The van der Waals surface area contributed by atoms with Crippen molar-refractivity contribution in [3.8, 4) is 0 Å². The first-order chi connectivity index (χ1) is 14.4. The molecule has 0 atom stereocenters. The molecule has 0 bridgehead atoms. The Morgan fingerprint density at radius 1 is 0.931 bits per heavy atom.